The van der Waals surface area contributed by atoms with Crippen LogP contribution in [0.5, 0.6) is 0 Å². The number of carbonyl (C=O) groups is 1. The Balaban J connectivity index is 2.08. The minimum atomic E-state index is -1.57. The first-order chi connectivity index (χ1) is 43.8. The number of aliphatic hydroxyl groups is 5. The maximum Gasteiger partial charge on any atom is 0.220 e. The first kappa shape index (κ1) is 84.4. The van der Waals surface area contributed by atoms with Gasteiger partial charge in [0.1, 0.15) is 24.4 Å². The van der Waals surface area contributed by atoms with Gasteiger partial charge in [-0.15, -0.1) is 0 Å². The molecule has 0 aromatic heterocycles. The predicted octanol–water partition coefficient (Wildman–Crippen LogP) is 21.6. The summed E-state index contributed by atoms with van der Waals surface area (Å²) >= 11 is 0. The second kappa shape index (κ2) is 68.2. The van der Waals surface area contributed by atoms with E-state index in [0.717, 1.165) is 77.0 Å². The number of ether oxygens (including phenoxy) is 2. The van der Waals surface area contributed by atoms with Crippen molar-refractivity contribution in [2.24, 2.45) is 0 Å². The number of carbonyl (C=O) groups excluding carboxylic acids is 1. The van der Waals surface area contributed by atoms with E-state index < -0.39 is 49.5 Å². The van der Waals surface area contributed by atoms with Crippen LogP contribution < -0.4 is 5.32 Å². The van der Waals surface area contributed by atoms with E-state index in [2.05, 4.69) is 92.1 Å². The Hall–Kier alpha value is -2.63. The fourth-order valence-corrected chi connectivity index (χ4v) is 12.0. The Labute approximate surface area is 550 Å². The third kappa shape index (κ3) is 56.6. The minimum absolute atomic E-state index is 0.172. The smallest absolute Gasteiger partial charge is 0.220 e. The molecule has 0 bridgehead atoms. The molecule has 7 atom stereocenters. The highest BCUT2D eigenvalue weighted by Gasteiger charge is 2.44. The first-order valence-corrected chi connectivity index (χ1v) is 38.3. The van der Waals surface area contributed by atoms with Crippen molar-refractivity contribution < 1.29 is 39.8 Å². The quantitative estimate of drug-likeness (QED) is 0.0261. The van der Waals surface area contributed by atoms with E-state index >= 15 is 0 Å². The molecule has 6 N–H and O–H groups in total. The van der Waals surface area contributed by atoms with Gasteiger partial charge >= 0.3 is 0 Å². The van der Waals surface area contributed by atoms with Crippen LogP contribution in [0.2, 0.25) is 0 Å². The van der Waals surface area contributed by atoms with Crippen molar-refractivity contribution in [3.05, 3.63) is 85.1 Å². The van der Waals surface area contributed by atoms with Gasteiger partial charge in [0.2, 0.25) is 5.91 Å². The number of rotatable bonds is 67. The standard InChI is InChI=1S/C80H145NO8/c1-3-5-7-9-11-13-15-17-19-21-23-25-27-29-31-32-33-34-35-36-37-38-39-40-41-42-44-46-48-50-52-54-56-58-60-62-64-66-68-70-76(84)81-73(72-88-80-79(87)78(86)77(85)75(71-82)89-80)74(83)69-67-65-63-61-59-57-55-53-51-49-47-45-43-30-28-26-24-22-20-18-16-14-12-10-8-6-4-2/h5,7,11,13,17,19,23,25,29,31,33-34,67,69,73-75,77-80,82-83,85-87H,3-4,6,8-10,12,14-16,18,20-22,24,26-28,30,32,35-66,68,70-72H2,1-2H3,(H,81,84)/b7-5-,13-11-,19-17-,25-23-,31-29-,34-33-,69-67+. The number of allylic oxidation sites excluding steroid dienone is 13. The SMILES string of the molecule is CC/C=C\C/C=C\C/C=C\C/C=C\C/C=C\C/C=C\CCCCCCCCCCCCCCCCCCCCCCC(=O)NC(COC1OC(CO)C(O)C(O)C1O)C(O)/C=C/CCCCCCCCCCCCCCCCCCCCCCCCCCC. The molecule has 1 aliphatic heterocycles. The molecule has 1 fully saturated rings. The molecule has 0 spiro atoms. The van der Waals surface area contributed by atoms with Gasteiger partial charge in [-0.2, -0.15) is 0 Å². The summed E-state index contributed by atoms with van der Waals surface area (Å²) in [6, 6.07) is -0.808. The van der Waals surface area contributed by atoms with Gasteiger partial charge in [-0.1, -0.05) is 369 Å². The number of hydrogen-bond donors (Lipinski definition) is 6. The highest BCUT2D eigenvalue weighted by molar-refractivity contribution is 5.76. The van der Waals surface area contributed by atoms with E-state index in [1.54, 1.807) is 6.08 Å². The molecule has 89 heavy (non-hydrogen) atoms. The lowest BCUT2D eigenvalue weighted by Crippen LogP contribution is -2.60. The Morgan fingerprint density at radius 1 is 0.393 bits per heavy atom. The van der Waals surface area contributed by atoms with Crippen molar-refractivity contribution in [2.45, 2.75) is 403 Å². The molecule has 9 heteroatoms. The van der Waals surface area contributed by atoms with Crippen LogP contribution in [0.4, 0.5) is 0 Å². The molecule has 1 amide bonds. The molecule has 1 aliphatic rings. The van der Waals surface area contributed by atoms with Crippen LogP contribution in [0.3, 0.4) is 0 Å². The summed E-state index contributed by atoms with van der Waals surface area (Å²) < 4.78 is 11.3. The van der Waals surface area contributed by atoms with Crippen LogP contribution >= 0.6 is 0 Å². The number of hydrogen-bond acceptors (Lipinski definition) is 8. The summed E-state index contributed by atoms with van der Waals surface area (Å²) in [5.41, 5.74) is 0. The number of amides is 1. The average molecular weight is 1250 g/mol. The predicted molar refractivity (Wildman–Crippen MR) is 382 cm³/mol. The normalized spacial score (nSPS) is 18.3. The van der Waals surface area contributed by atoms with E-state index in [-0.39, 0.29) is 12.5 Å². The maximum atomic E-state index is 13.2. The van der Waals surface area contributed by atoms with Gasteiger partial charge in [-0.25, -0.2) is 0 Å². The number of aliphatic hydroxyl groups excluding tert-OH is 5. The van der Waals surface area contributed by atoms with Crippen molar-refractivity contribution in [3.63, 3.8) is 0 Å². The third-order valence-corrected chi connectivity index (χ3v) is 18.0. The molecule has 1 heterocycles. The van der Waals surface area contributed by atoms with Gasteiger partial charge in [0.05, 0.1) is 25.4 Å². The average Bonchev–Trinajstić information content (AvgIpc) is 2.42. The summed E-state index contributed by atoms with van der Waals surface area (Å²) in [5, 5.41) is 54.9. The van der Waals surface area contributed by atoms with Gasteiger partial charge in [0.15, 0.2) is 6.29 Å². The lowest BCUT2D eigenvalue weighted by Gasteiger charge is -2.40. The van der Waals surface area contributed by atoms with E-state index in [1.165, 1.54) is 263 Å². The molecule has 0 saturated carbocycles. The second-order valence-electron chi connectivity index (χ2n) is 26.4. The molecule has 0 aliphatic carbocycles. The largest absolute Gasteiger partial charge is 0.394 e. The second-order valence-corrected chi connectivity index (χ2v) is 26.4. The summed E-state index contributed by atoms with van der Waals surface area (Å²) in [7, 11) is 0. The van der Waals surface area contributed by atoms with Crippen molar-refractivity contribution in [1.82, 2.24) is 5.32 Å². The Bertz CT molecular complexity index is 1690. The van der Waals surface area contributed by atoms with E-state index in [9.17, 15) is 30.3 Å². The van der Waals surface area contributed by atoms with Crippen LogP contribution in [-0.2, 0) is 14.3 Å². The third-order valence-electron chi connectivity index (χ3n) is 18.0. The number of unbranched alkanes of at least 4 members (excludes halogenated alkanes) is 45. The summed E-state index contributed by atoms with van der Waals surface area (Å²) in [6.07, 6.45) is 91.4. The molecule has 0 radical (unpaired) electrons. The highest BCUT2D eigenvalue weighted by Crippen LogP contribution is 2.24. The zero-order chi connectivity index (χ0) is 64.2. The first-order valence-electron chi connectivity index (χ1n) is 38.3. The number of nitrogens with one attached hydrogen (secondary N) is 1. The summed E-state index contributed by atoms with van der Waals surface area (Å²) in [6.45, 7) is 3.71. The summed E-state index contributed by atoms with van der Waals surface area (Å²) in [4.78, 5) is 13.2. The van der Waals surface area contributed by atoms with Gasteiger partial charge < -0.3 is 40.3 Å². The van der Waals surface area contributed by atoms with Gasteiger partial charge in [-0.3, -0.25) is 4.79 Å². The van der Waals surface area contributed by atoms with Crippen LogP contribution in [0, 0.1) is 0 Å². The fraction of sp³-hybridized carbons (Fsp3) is 0.812. The monoisotopic (exact) mass is 1250 g/mol. The minimum Gasteiger partial charge on any atom is -0.394 e. The molecule has 9 nitrogen and oxygen atoms in total. The zero-order valence-electron chi connectivity index (χ0n) is 58.2. The molecule has 1 rings (SSSR count). The van der Waals surface area contributed by atoms with Crippen molar-refractivity contribution in [2.75, 3.05) is 13.2 Å². The lowest BCUT2D eigenvalue weighted by atomic mass is 9.99. The van der Waals surface area contributed by atoms with E-state index in [4.69, 9.17) is 9.47 Å². The Morgan fingerprint density at radius 2 is 0.697 bits per heavy atom. The van der Waals surface area contributed by atoms with Gasteiger partial charge in [0, 0.05) is 6.42 Å². The molecule has 1 saturated heterocycles. The topological polar surface area (TPSA) is 149 Å². The van der Waals surface area contributed by atoms with Crippen LogP contribution in [0.25, 0.3) is 0 Å². The van der Waals surface area contributed by atoms with E-state index in [0.29, 0.717) is 6.42 Å². The molecular formula is C80H145NO8. The molecule has 7 unspecified atom stereocenters. The van der Waals surface area contributed by atoms with Crippen molar-refractivity contribution in [1.29, 1.82) is 0 Å². The maximum absolute atomic E-state index is 13.2. The van der Waals surface area contributed by atoms with Gasteiger partial charge in [-0.05, 0) is 70.6 Å². The highest BCUT2D eigenvalue weighted by atomic mass is 16.7. The zero-order valence-corrected chi connectivity index (χ0v) is 58.2. The van der Waals surface area contributed by atoms with Crippen molar-refractivity contribution in [3.8, 4) is 0 Å². The fourth-order valence-electron chi connectivity index (χ4n) is 12.0. The van der Waals surface area contributed by atoms with Crippen LogP contribution in [-0.4, -0.2) is 87.5 Å². The Morgan fingerprint density at radius 3 is 1.03 bits per heavy atom. The van der Waals surface area contributed by atoms with E-state index in [1.807, 2.05) is 6.08 Å². The summed E-state index contributed by atoms with van der Waals surface area (Å²) in [5.74, 6) is -0.172. The molecular weight excluding hydrogens is 1100 g/mol. The van der Waals surface area contributed by atoms with Crippen LogP contribution in [0.15, 0.2) is 85.1 Å². The molecule has 0 aromatic carbocycles. The van der Waals surface area contributed by atoms with Gasteiger partial charge in [0.25, 0.3) is 0 Å². The van der Waals surface area contributed by atoms with Crippen LogP contribution in [0.1, 0.15) is 361 Å². The van der Waals surface area contributed by atoms with Crippen molar-refractivity contribution >= 4 is 5.91 Å². The molecule has 518 valence electrons. The lowest BCUT2D eigenvalue weighted by molar-refractivity contribution is -0.302. The molecule has 0 aromatic rings. The Kier molecular flexibility index (Phi) is 64.7.